The van der Waals surface area contributed by atoms with Crippen molar-refractivity contribution in [2.45, 2.75) is 110 Å². The van der Waals surface area contributed by atoms with E-state index in [1.165, 1.54) is 37.8 Å². The van der Waals surface area contributed by atoms with E-state index in [9.17, 15) is 9.59 Å². The van der Waals surface area contributed by atoms with E-state index in [1.807, 2.05) is 0 Å². The van der Waals surface area contributed by atoms with Gasteiger partial charge in [-0.15, -0.1) is 0 Å². The van der Waals surface area contributed by atoms with E-state index < -0.39 is 6.04 Å². The average molecular weight is 849 g/mol. The number of H-pyrrole nitrogens is 1. The highest BCUT2D eigenvalue weighted by molar-refractivity contribution is 6.07. The van der Waals surface area contributed by atoms with Gasteiger partial charge < -0.3 is 45.6 Å². The van der Waals surface area contributed by atoms with Crippen molar-refractivity contribution in [2.75, 3.05) is 103 Å². The molecule has 6 N–H and O–H groups in total. The summed E-state index contributed by atoms with van der Waals surface area (Å²) in [5.74, 6) is 3.24. The number of piperazine rings is 1. The van der Waals surface area contributed by atoms with Crippen LogP contribution in [0.1, 0.15) is 104 Å². The fourth-order valence-electron chi connectivity index (χ4n) is 10.0. The number of aromatic amines is 1. The van der Waals surface area contributed by atoms with Crippen LogP contribution in [-0.2, 0) is 35.0 Å². The number of hydrogen-bond acceptors (Lipinski definition) is 12. The number of fused-ring (bicyclic) bond motifs is 5. The molecule has 2 saturated carbocycles. The standard InChI is InChI=1S/C47H76N8O6/c1-4-5-14-41-52-43-38-33-37(15-16-40(38)51-46(49)44(43)53-41)55-21-19-54(20-22-55)23-25-59-27-29-61-31-30-60-28-26-58-24-17-42(56)50-18-10-9-13-39(48)45(57)47(3)34(2)35-11-7-6-8-12-36(47)32-35/h15-16,33-36,39H,4-14,17-32,48H2,1-3H3,(H2,49,51)(H,50,56)(H,52,53). The van der Waals surface area contributed by atoms with Crippen LogP contribution in [0.25, 0.3) is 21.9 Å². The van der Waals surface area contributed by atoms with Gasteiger partial charge in [-0.3, -0.25) is 14.5 Å². The number of rotatable bonds is 26. The number of nitrogens with two attached hydrogens (primary N) is 2. The number of Topliss-reactive ketones (excluding diaryl/α,β-unsaturated/α-hetero) is 1. The topological polar surface area (TPSA) is 183 Å². The van der Waals surface area contributed by atoms with Crippen molar-refractivity contribution in [1.29, 1.82) is 0 Å². The van der Waals surface area contributed by atoms with Crippen molar-refractivity contribution in [1.82, 2.24) is 25.2 Å². The maximum Gasteiger partial charge on any atom is 0.222 e. The normalized spacial score (nSPS) is 22.8. The Morgan fingerprint density at radius 2 is 1.62 bits per heavy atom. The van der Waals surface area contributed by atoms with E-state index >= 15 is 0 Å². The molecule has 0 radical (unpaired) electrons. The number of amides is 1. The molecule has 3 heterocycles. The number of carbonyl (C=O) groups excluding carboxylic acids is 2. The van der Waals surface area contributed by atoms with Crippen molar-refractivity contribution in [3.63, 3.8) is 0 Å². The molecule has 61 heavy (non-hydrogen) atoms. The molecule has 5 atom stereocenters. The molecule has 6 rings (SSSR count). The molecular formula is C47H76N8O6. The van der Waals surface area contributed by atoms with Crippen LogP contribution in [0.4, 0.5) is 11.5 Å². The fourth-order valence-corrected chi connectivity index (χ4v) is 10.0. The van der Waals surface area contributed by atoms with E-state index in [4.69, 9.17) is 35.4 Å². The minimum atomic E-state index is -0.417. The van der Waals surface area contributed by atoms with E-state index in [0.29, 0.717) is 95.8 Å². The number of nitrogens with zero attached hydrogens (tertiary/aromatic N) is 4. The molecule has 3 fully saturated rings. The number of nitrogen functional groups attached to an aromatic ring is 1. The number of carbonyl (C=O) groups is 2. The minimum Gasteiger partial charge on any atom is -0.382 e. The number of ether oxygens (including phenoxy) is 4. The molecule has 5 unspecified atom stereocenters. The summed E-state index contributed by atoms with van der Waals surface area (Å²) in [6.45, 7) is 16.0. The first-order chi connectivity index (χ1) is 29.7. The number of aryl methyl sites for hydroxylation is 1. The molecule has 14 nitrogen and oxygen atoms in total. The molecule has 340 valence electrons. The van der Waals surface area contributed by atoms with Crippen LogP contribution in [-0.4, -0.2) is 130 Å². The van der Waals surface area contributed by atoms with Crippen LogP contribution in [0.5, 0.6) is 0 Å². The number of benzene rings is 1. The lowest BCUT2D eigenvalue weighted by Crippen LogP contribution is -2.47. The first-order valence-electron chi connectivity index (χ1n) is 23.6. The van der Waals surface area contributed by atoms with Crippen LogP contribution in [0.3, 0.4) is 0 Å². The molecular weight excluding hydrogens is 773 g/mol. The summed E-state index contributed by atoms with van der Waals surface area (Å²) in [6, 6.07) is 6.02. The third-order valence-electron chi connectivity index (χ3n) is 14.0. The minimum absolute atomic E-state index is 0.0270. The summed E-state index contributed by atoms with van der Waals surface area (Å²) in [5, 5.41) is 4.03. The molecule has 3 aromatic rings. The number of nitrogens with one attached hydrogen (secondary N) is 2. The number of unbranched alkanes of at least 4 members (excludes halogenated alkanes) is 2. The highest BCUT2D eigenvalue weighted by Gasteiger charge is 2.54. The lowest BCUT2D eigenvalue weighted by molar-refractivity contribution is -0.134. The Balaban J connectivity index is 0.717. The molecule has 3 aliphatic rings. The first kappa shape index (κ1) is 47.1. The number of hydrogen-bond donors (Lipinski definition) is 4. The van der Waals surface area contributed by atoms with E-state index in [-0.39, 0.29) is 17.1 Å². The highest BCUT2D eigenvalue weighted by atomic mass is 16.6. The quantitative estimate of drug-likeness (QED) is 0.0689. The largest absolute Gasteiger partial charge is 0.382 e. The number of ketones is 1. The maximum absolute atomic E-state index is 13.6. The lowest BCUT2D eigenvalue weighted by Gasteiger charge is -2.36. The van der Waals surface area contributed by atoms with Gasteiger partial charge in [-0.25, -0.2) is 9.97 Å². The van der Waals surface area contributed by atoms with Crippen molar-refractivity contribution in [2.24, 2.45) is 28.9 Å². The summed E-state index contributed by atoms with van der Waals surface area (Å²) in [7, 11) is 0. The Labute approximate surface area is 363 Å². The monoisotopic (exact) mass is 849 g/mol. The zero-order valence-electron chi connectivity index (χ0n) is 37.5. The molecule has 2 bridgehead atoms. The van der Waals surface area contributed by atoms with Gasteiger partial charge in [0, 0.05) is 68.6 Å². The van der Waals surface area contributed by atoms with Crippen molar-refractivity contribution in [3.8, 4) is 0 Å². The van der Waals surface area contributed by atoms with Gasteiger partial charge in [0.2, 0.25) is 5.91 Å². The van der Waals surface area contributed by atoms with E-state index in [2.05, 4.69) is 64.1 Å². The van der Waals surface area contributed by atoms with Gasteiger partial charge in [0.1, 0.15) is 11.3 Å². The zero-order chi connectivity index (χ0) is 43.0. The number of imidazole rings is 1. The average Bonchev–Trinajstić information content (AvgIpc) is 3.81. The Morgan fingerprint density at radius 3 is 2.36 bits per heavy atom. The van der Waals surface area contributed by atoms with Gasteiger partial charge >= 0.3 is 0 Å². The highest BCUT2D eigenvalue weighted by Crippen LogP contribution is 2.56. The number of aromatic nitrogens is 3. The fraction of sp³-hybridized carbons (Fsp3) is 0.745. The van der Waals surface area contributed by atoms with Crippen LogP contribution >= 0.6 is 0 Å². The number of pyridine rings is 1. The van der Waals surface area contributed by atoms with Gasteiger partial charge in [-0.1, -0.05) is 52.9 Å². The van der Waals surface area contributed by atoms with Gasteiger partial charge in [-0.2, -0.15) is 0 Å². The maximum atomic E-state index is 13.6. The summed E-state index contributed by atoms with van der Waals surface area (Å²) in [5.41, 5.74) is 16.3. The molecule has 1 saturated heterocycles. The molecule has 1 aliphatic heterocycles. The van der Waals surface area contributed by atoms with Gasteiger partial charge in [0.25, 0.3) is 0 Å². The lowest BCUT2D eigenvalue weighted by atomic mass is 9.67. The predicted molar refractivity (Wildman–Crippen MR) is 243 cm³/mol. The Morgan fingerprint density at radius 1 is 0.918 bits per heavy atom. The summed E-state index contributed by atoms with van der Waals surface area (Å²) >= 11 is 0. The molecule has 2 aliphatic carbocycles. The van der Waals surface area contributed by atoms with Crippen molar-refractivity contribution < 1.29 is 28.5 Å². The van der Waals surface area contributed by atoms with Gasteiger partial charge in [-0.05, 0) is 74.5 Å². The second-order valence-corrected chi connectivity index (χ2v) is 18.0. The summed E-state index contributed by atoms with van der Waals surface area (Å²) in [6.07, 6.45) is 13.2. The Hall–Kier alpha value is -3.40. The van der Waals surface area contributed by atoms with Crippen LogP contribution < -0.4 is 21.7 Å². The van der Waals surface area contributed by atoms with E-state index in [0.717, 1.165) is 99.0 Å². The predicted octanol–water partition coefficient (Wildman–Crippen LogP) is 6.04. The van der Waals surface area contributed by atoms with Crippen LogP contribution in [0.15, 0.2) is 18.2 Å². The SMILES string of the molecule is CCCCc1nc2c(N)nc3ccc(N4CCN(CCOCCOCCOCCOCCC(=O)NCCCCC(N)C(=O)C5(C)C6CCCCCC(C6)C5C)CC4)cc3c2[nH]1. The summed E-state index contributed by atoms with van der Waals surface area (Å²) < 4.78 is 22.7. The second-order valence-electron chi connectivity index (χ2n) is 18.0. The molecule has 1 aromatic carbocycles. The number of anilines is 2. The molecule has 1 amide bonds. The summed E-state index contributed by atoms with van der Waals surface area (Å²) in [4.78, 5) is 43.7. The molecule has 0 spiro atoms. The van der Waals surface area contributed by atoms with Crippen molar-refractivity contribution in [3.05, 3.63) is 24.0 Å². The smallest absolute Gasteiger partial charge is 0.222 e. The Kier molecular flexibility index (Phi) is 18.4. The zero-order valence-corrected chi connectivity index (χ0v) is 37.5. The van der Waals surface area contributed by atoms with Crippen LogP contribution in [0.2, 0.25) is 0 Å². The second kappa shape index (κ2) is 23.9. The third-order valence-corrected chi connectivity index (χ3v) is 14.0. The van der Waals surface area contributed by atoms with E-state index in [1.54, 1.807) is 0 Å². The van der Waals surface area contributed by atoms with Crippen LogP contribution in [0, 0.1) is 23.2 Å². The third kappa shape index (κ3) is 12.8. The van der Waals surface area contributed by atoms with Gasteiger partial charge in [0.15, 0.2) is 11.6 Å². The molecule has 14 heteroatoms. The van der Waals surface area contributed by atoms with Crippen molar-refractivity contribution >= 4 is 45.1 Å². The molecule has 2 aromatic heterocycles. The first-order valence-corrected chi connectivity index (χ1v) is 23.6. The Bertz CT molecular complexity index is 1820. The van der Waals surface area contributed by atoms with Gasteiger partial charge in [0.05, 0.1) is 69.9 Å².